The highest BCUT2D eigenvalue weighted by Gasteiger charge is 2.37. The molecule has 4 aromatic carbocycles. The lowest BCUT2D eigenvalue weighted by Gasteiger charge is -2.40. The van der Waals surface area contributed by atoms with Crippen LogP contribution in [0.4, 0.5) is 0 Å². The number of nitrogens with zero attached hydrogens (tertiary/aromatic N) is 2. The molecule has 0 fully saturated rings. The minimum atomic E-state index is 0.0785. The molecule has 7 rings (SSSR count). The van der Waals surface area contributed by atoms with Crippen LogP contribution in [0.1, 0.15) is 45.5 Å². The molecule has 0 amide bonds. The van der Waals surface area contributed by atoms with E-state index in [0.29, 0.717) is 28.7 Å². The molecule has 2 N–H and O–H groups in total. The number of ether oxygens (including phenoxy) is 4. The molecule has 0 unspecified atom stereocenters. The van der Waals surface area contributed by atoms with Gasteiger partial charge in [-0.1, -0.05) is 12.1 Å². The van der Waals surface area contributed by atoms with E-state index in [4.69, 9.17) is 18.9 Å². The highest BCUT2D eigenvalue weighted by atomic mass is 16.5. The molecule has 2 heterocycles. The highest BCUT2D eigenvalue weighted by molar-refractivity contribution is 5.85. The summed E-state index contributed by atoms with van der Waals surface area (Å²) in [5.41, 5.74) is 9.09. The average molecular weight is 609 g/mol. The zero-order valence-corrected chi connectivity index (χ0v) is 26.5. The molecule has 1 aliphatic carbocycles. The third-order valence-corrected chi connectivity index (χ3v) is 9.91. The number of phenolic OH excluding ortho intramolecular Hbond substituents is 2. The summed E-state index contributed by atoms with van der Waals surface area (Å²) in [5, 5.41) is 21.7. The summed E-state index contributed by atoms with van der Waals surface area (Å²) >= 11 is 0. The van der Waals surface area contributed by atoms with Crippen molar-refractivity contribution in [2.24, 2.45) is 0 Å². The van der Waals surface area contributed by atoms with Crippen molar-refractivity contribution in [1.29, 1.82) is 0 Å². The number of fused-ring (bicyclic) bond motifs is 3. The van der Waals surface area contributed by atoms with Gasteiger partial charge in [-0.15, -0.1) is 0 Å². The molecular formula is C37H40N2O6. The Balaban J connectivity index is 1.16. The molecule has 2 aliphatic heterocycles. The van der Waals surface area contributed by atoms with E-state index < -0.39 is 0 Å². The van der Waals surface area contributed by atoms with Gasteiger partial charge in [0.1, 0.15) is 5.75 Å². The Bertz CT molecular complexity index is 1770. The first-order chi connectivity index (χ1) is 21.8. The monoisotopic (exact) mass is 608 g/mol. The van der Waals surface area contributed by atoms with E-state index in [2.05, 4.69) is 42.1 Å². The molecule has 0 saturated heterocycles. The molecule has 0 radical (unpaired) electrons. The van der Waals surface area contributed by atoms with Crippen LogP contribution in [0.5, 0.6) is 40.2 Å². The Morgan fingerprint density at radius 1 is 0.733 bits per heavy atom. The van der Waals surface area contributed by atoms with Crippen LogP contribution in [0.3, 0.4) is 0 Å². The molecule has 2 atom stereocenters. The predicted molar refractivity (Wildman–Crippen MR) is 173 cm³/mol. The maximum absolute atomic E-state index is 11.2. The molecule has 8 nitrogen and oxygen atoms in total. The van der Waals surface area contributed by atoms with Crippen LogP contribution in [-0.4, -0.2) is 68.5 Å². The fraction of sp³-hybridized carbons (Fsp3) is 0.351. The number of likely N-dealkylation sites (N-methyl/N-ethyl adjacent to an activating group) is 2. The lowest BCUT2D eigenvalue weighted by molar-refractivity contribution is 0.226. The van der Waals surface area contributed by atoms with Gasteiger partial charge in [-0.25, -0.2) is 0 Å². The molecule has 3 aliphatic rings. The first kappa shape index (κ1) is 29.3. The van der Waals surface area contributed by atoms with Gasteiger partial charge in [0.05, 0.1) is 21.3 Å². The average Bonchev–Trinajstić information content (AvgIpc) is 3.04. The van der Waals surface area contributed by atoms with Gasteiger partial charge in [0.15, 0.2) is 34.5 Å². The van der Waals surface area contributed by atoms with Gasteiger partial charge >= 0.3 is 0 Å². The van der Waals surface area contributed by atoms with Crippen LogP contribution in [0, 0.1) is 0 Å². The van der Waals surface area contributed by atoms with Crippen LogP contribution < -0.4 is 18.9 Å². The number of hydrogen-bond donors (Lipinski definition) is 2. The minimum Gasteiger partial charge on any atom is -0.504 e. The third kappa shape index (κ3) is 5.02. The van der Waals surface area contributed by atoms with Crippen LogP contribution in [0.25, 0.3) is 11.1 Å². The Labute approximate surface area is 264 Å². The van der Waals surface area contributed by atoms with Gasteiger partial charge in [-0.05, 0) is 121 Å². The van der Waals surface area contributed by atoms with Crippen LogP contribution in [0.15, 0.2) is 54.6 Å². The highest BCUT2D eigenvalue weighted by Crippen LogP contribution is 2.54. The molecule has 0 aromatic heterocycles. The van der Waals surface area contributed by atoms with Crippen molar-refractivity contribution in [3.63, 3.8) is 0 Å². The molecule has 8 heteroatoms. The standard InChI is InChI=1S/C37H40N2O6/c1-38-12-10-22-16-32(42-3)30(40)19-26(22)28(38)14-21-6-8-25(9-7-21)45-33-18-24-15-29-35-23(11-13-39(29)2)17-34(43-4)37(44-5)36(35)27(24)20-31(33)41/h6-9,16-20,28-29,40-41H,10-15H2,1-5H3/t28-,29-/m1/s1. The van der Waals surface area contributed by atoms with Gasteiger partial charge in [0, 0.05) is 30.7 Å². The van der Waals surface area contributed by atoms with Crippen molar-refractivity contribution in [2.75, 3.05) is 48.5 Å². The minimum absolute atomic E-state index is 0.0785. The topological polar surface area (TPSA) is 83.9 Å². The smallest absolute Gasteiger partial charge is 0.169 e. The zero-order valence-electron chi connectivity index (χ0n) is 26.5. The van der Waals surface area contributed by atoms with Crippen molar-refractivity contribution in [2.45, 2.75) is 37.8 Å². The summed E-state index contributed by atoms with van der Waals surface area (Å²) in [6, 6.07) is 18.1. The predicted octanol–water partition coefficient (Wildman–Crippen LogP) is 6.44. The van der Waals surface area contributed by atoms with E-state index in [-0.39, 0.29) is 23.6 Å². The fourth-order valence-electron chi connectivity index (χ4n) is 7.47. The summed E-state index contributed by atoms with van der Waals surface area (Å²) in [5.74, 6) is 3.25. The van der Waals surface area contributed by atoms with Crippen molar-refractivity contribution in [3.05, 3.63) is 88.0 Å². The first-order valence-electron chi connectivity index (χ1n) is 15.5. The fourth-order valence-corrected chi connectivity index (χ4v) is 7.47. The lowest BCUT2D eigenvalue weighted by atomic mass is 9.76. The number of rotatable bonds is 7. The molecule has 4 aromatic rings. The number of phenols is 2. The number of aromatic hydroxyl groups is 2. The quantitative estimate of drug-likeness (QED) is 0.248. The number of methoxy groups -OCH3 is 3. The Morgan fingerprint density at radius 2 is 1.40 bits per heavy atom. The first-order valence-corrected chi connectivity index (χ1v) is 15.5. The molecule has 0 spiro atoms. The second kappa shape index (κ2) is 11.5. The molecule has 45 heavy (non-hydrogen) atoms. The van der Waals surface area contributed by atoms with Crippen molar-refractivity contribution >= 4 is 0 Å². The van der Waals surface area contributed by atoms with Gasteiger partial charge < -0.3 is 29.2 Å². The largest absolute Gasteiger partial charge is 0.504 e. The third-order valence-electron chi connectivity index (χ3n) is 9.91. The van der Waals surface area contributed by atoms with Gasteiger partial charge in [0.2, 0.25) is 0 Å². The summed E-state index contributed by atoms with van der Waals surface area (Å²) in [6.45, 7) is 1.90. The summed E-state index contributed by atoms with van der Waals surface area (Å²) in [6.07, 6.45) is 3.46. The Hall–Kier alpha value is -4.40. The van der Waals surface area contributed by atoms with E-state index in [0.717, 1.165) is 66.6 Å². The Morgan fingerprint density at radius 3 is 2.13 bits per heavy atom. The van der Waals surface area contributed by atoms with Gasteiger partial charge in [-0.3, -0.25) is 9.80 Å². The maximum atomic E-state index is 11.2. The van der Waals surface area contributed by atoms with Gasteiger partial charge in [-0.2, -0.15) is 0 Å². The Kier molecular flexibility index (Phi) is 7.50. The van der Waals surface area contributed by atoms with E-state index in [1.54, 1.807) is 21.3 Å². The molecule has 0 saturated carbocycles. The number of benzene rings is 4. The molecule has 234 valence electrons. The van der Waals surface area contributed by atoms with E-state index >= 15 is 0 Å². The lowest BCUT2D eigenvalue weighted by Crippen LogP contribution is -2.35. The maximum Gasteiger partial charge on any atom is 0.169 e. The van der Waals surface area contributed by atoms with E-state index in [1.165, 1.54) is 16.7 Å². The van der Waals surface area contributed by atoms with Crippen LogP contribution in [0.2, 0.25) is 0 Å². The normalized spacial score (nSPS) is 18.9. The second-order valence-corrected chi connectivity index (χ2v) is 12.4. The van der Waals surface area contributed by atoms with E-state index in [9.17, 15) is 10.2 Å². The van der Waals surface area contributed by atoms with Crippen molar-refractivity contribution < 1.29 is 29.2 Å². The number of hydrogen-bond acceptors (Lipinski definition) is 8. The van der Waals surface area contributed by atoms with Crippen LogP contribution in [-0.2, 0) is 25.7 Å². The summed E-state index contributed by atoms with van der Waals surface area (Å²) in [7, 11) is 9.21. The summed E-state index contributed by atoms with van der Waals surface area (Å²) in [4.78, 5) is 4.73. The van der Waals surface area contributed by atoms with E-state index in [1.807, 2.05) is 36.4 Å². The van der Waals surface area contributed by atoms with Crippen LogP contribution >= 0.6 is 0 Å². The van der Waals surface area contributed by atoms with Crippen molar-refractivity contribution in [1.82, 2.24) is 9.80 Å². The summed E-state index contributed by atoms with van der Waals surface area (Å²) < 4.78 is 23.3. The molecular weight excluding hydrogens is 568 g/mol. The second-order valence-electron chi connectivity index (χ2n) is 12.4. The zero-order chi connectivity index (χ0) is 31.4. The molecule has 0 bridgehead atoms. The SMILES string of the molecule is COc1cc2c(cc1O)[C@@H](Cc1ccc(Oc3cc4c(cc3O)-c3c(OC)c(OC)cc5c3[C@@H](C4)N(C)CC5)cc1)N(C)CC2. The van der Waals surface area contributed by atoms with Crippen molar-refractivity contribution in [3.8, 4) is 51.4 Å². The van der Waals surface area contributed by atoms with Gasteiger partial charge in [0.25, 0.3) is 0 Å².